The van der Waals surface area contributed by atoms with E-state index in [9.17, 15) is 4.79 Å². The first kappa shape index (κ1) is 16.4. The van der Waals surface area contributed by atoms with Gasteiger partial charge in [-0.15, -0.1) is 12.4 Å². The number of halogens is 3. The minimum Gasteiger partial charge on any atom is -0.482 e. The number of hydrogen-bond donors (Lipinski definition) is 1. The number of amides is 1. The smallest absolute Gasteiger partial charge is 0.260 e. The van der Waals surface area contributed by atoms with E-state index < -0.39 is 0 Å². The number of carbonyl (C=O) groups is 1. The zero-order valence-electron chi connectivity index (χ0n) is 10.2. The highest BCUT2D eigenvalue weighted by Gasteiger charge is 2.16. The van der Waals surface area contributed by atoms with Crippen LogP contribution in [0.25, 0.3) is 0 Å². The predicted octanol–water partition coefficient (Wildman–Crippen LogP) is 2.23. The van der Waals surface area contributed by atoms with Crippen molar-refractivity contribution < 1.29 is 9.53 Å². The molecule has 0 bridgehead atoms. The minimum absolute atomic E-state index is 0. The zero-order valence-corrected chi connectivity index (χ0v) is 12.5. The molecule has 1 N–H and O–H groups in total. The third-order valence-electron chi connectivity index (χ3n) is 2.71. The first-order chi connectivity index (χ1) is 8.66. The molecule has 7 heteroatoms. The molecule has 0 atom stereocenters. The summed E-state index contributed by atoms with van der Waals surface area (Å²) in [6.45, 7) is 3.06. The molecular weight excluding hydrogens is 311 g/mol. The second kappa shape index (κ2) is 7.80. The molecule has 0 aliphatic carbocycles. The maximum absolute atomic E-state index is 11.9. The van der Waals surface area contributed by atoms with Gasteiger partial charge in [0.1, 0.15) is 5.75 Å². The van der Waals surface area contributed by atoms with Gasteiger partial charge in [0, 0.05) is 37.3 Å². The Morgan fingerprint density at radius 1 is 1.32 bits per heavy atom. The molecule has 4 nitrogen and oxygen atoms in total. The average molecular weight is 326 g/mol. The van der Waals surface area contributed by atoms with Gasteiger partial charge in [0.05, 0.1) is 5.02 Å². The molecule has 2 rings (SSSR count). The van der Waals surface area contributed by atoms with E-state index in [4.69, 9.17) is 27.9 Å². The van der Waals surface area contributed by atoms with Crippen LogP contribution in [0.4, 0.5) is 0 Å². The quantitative estimate of drug-likeness (QED) is 0.926. The van der Waals surface area contributed by atoms with E-state index in [2.05, 4.69) is 5.32 Å². The normalized spacial score (nSPS) is 14.7. The fourth-order valence-corrected chi connectivity index (χ4v) is 2.07. The fraction of sp³-hybridized carbons (Fsp3) is 0.417. The van der Waals surface area contributed by atoms with Crippen molar-refractivity contribution >= 4 is 41.5 Å². The third kappa shape index (κ3) is 4.73. The Bertz CT molecular complexity index is 437. The van der Waals surface area contributed by atoms with Gasteiger partial charge in [-0.25, -0.2) is 0 Å². The molecule has 0 spiro atoms. The van der Waals surface area contributed by atoms with Crippen LogP contribution in [-0.4, -0.2) is 43.6 Å². The number of rotatable bonds is 3. The van der Waals surface area contributed by atoms with Crippen LogP contribution in [0.5, 0.6) is 5.75 Å². The second-order valence-electron chi connectivity index (χ2n) is 3.99. The molecule has 0 radical (unpaired) electrons. The first-order valence-electron chi connectivity index (χ1n) is 5.73. The van der Waals surface area contributed by atoms with Gasteiger partial charge >= 0.3 is 0 Å². The summed E-state index contributed by atoms with van der Waals surface area (Å²) in [5.41, 5.74) is 0. The van der Waals surface area contributed by atoms with Gasteiger partial charge < -0.3 is 15.0 Å². The largest absolute Gasteiger partial charge is 0.482 e. The first-order valence-corrected chi connectivity index (χ1v) is 6.49. The van der Waals surface area contributed by atoms with Crippen molar-refractivity contribution in [3.63, 3.8) is 0 Å². The Kier molecular flexibility index (Phi) is 6.72. The third-order valence-corrected chi connectivity index (χ3v) is 3.26. The molecule has 1 aliphatic rings. The number of nitrogens with one attached hydrogen (secondary N) is 1. The van der Waals surface area contributed by atoms with Crippen molar-refractivity contribution in [1.82, 2.24) is 10.2 Å². The summed E-state index contributed by atoms with van der Waals surface area (Å²) in [6.07, 6.45) is 0. The highest BCUT2D eigenvalue weighted by Crippen LogP contribution is 2.27. The fourth-order valence-electron chi connectivity index (χ4n) is 1.73. The van der Waals surface area contributed by atoms with Crippen LogP contribution in [-0.2, 0) is 4.79 Å². The van der Waals surface area contributed by atoms with Crippen molar-refractivity contribution in [2.75, 3.05) is 32.8 Å². The SMILES string of the molecule is Cl.O=C(COc1cc(Cl)ccc1Cl)N1CCNCC1. The standard InChI is InChI=1S/C12H14Cl2N2O2.ClH/c13-9-1-2-10(14)11(7-9)18-8-12(17)16-5-3-15-4-6-16;/h1-2,7,15H,3-6,8H2;1H. The Balaban J connectivity index is 0.00000180. The number of carbonyl (C=O) groups excluding carboxylic acids is 1. The van der Waals surface area contributed by atoms with Gasteiger partial charge in [0.15, 0.2) is 6.61 Å². The Morgan fingerprint density at radius 3 is 2.68 bits per heavy atom. The van der Waals surface area contributed by atoms with Gasteiger partial charge in [0.25, 0.3) is 5.91 Å². The van der Waals surface area contributed by atoms with Crippen molar-refractivity contribution in [3.05, 3.63) is 28.2 Å². The van der Waals surface area contributed by atoms with Gasteiger partial charge in [-0.05, 0) is 12.1 Å². The lowest BCUT2D eigenvalue weighted by atomic mass is 10.3. The van der Waals surface area contributed by atoms with Crippen LogP contribution >= 0.6 is 35.6 Å². The van der Waals surface area contributed by atoms with Gasteiger partial charge in [-0.3, -0.25) is 4.79 Å². The predicted molar refractivity (Wildman–Crippen MR) is 78.7 cm³/mol. The Morgan fingerprint density at radius 2 is 2.00 bits per heavy atom. The summed E-state index contributed by atoms with van der Waals surface area (Å²) in [4.78, 5) is 13.6. The maximum Gasteiger partial charge on any atom is 0.260 e. The molecule has 1 aromatic carbocycles. The van der Waals surface area contributed by atoms with Crippen molar-refractivity contribution in [3.8, 4) is 5.75 Å². The van der Waals surface area contributed by atoms with E-state index in [1.165, 1.54) is 0 Å². The summed E-state index contributed by atoms with van der Waals surface area (Å²) in [5.74, 6) is 0.403. The lowest BCUT2D eigenvalue weighted by molar-refractivity contribution is -0.133. The molecule has 1 saturated heterocycles. The number of nitrogens with zero attached hydrogens (tertiary/aromatic N) is 1. The summed E-state index contributed by atoms with van der Waals surface area (Å²) < 4.78 is 5.40. The summed E-state index contributed by atoms with van der Waals surface area (Å²) >= 11 is 11.8. The van der Waals surface area contributed by atoms with Crippen LogP contribution in [0.15, 0.2) is 18.2 Å². The van der Waals surface area contributed by atoms with E-state index >= 15 is 0 Å². The summed E-state index contributed by atoms with van der Waals surface area (Å²) in [6, 6.07) is 4.93. The van der Waals surface area contributed by atoms with Crippen molar-refractivity contribution in [1.29, 1.82) is 0 Å². The van der Waals surface area contributed by atoms with Crippen LogP contribution in [0.2, 0.25) is 10.0 Å². The number of piperazine rings is 1. The van der Waals surface area contributed by atoms with Crippen LogP contribution < -0.4 is 10.1 Å². The minimum atomic E-state index is -0.0347. The van der Waals surface area contributed by atoms with Crippen LogP contribution in [0.3, 0.4) is 0 Å². The number of hydrogen-bond acceptors (Lipinski definition) is 3. The average Bonchev–Trinajstić information content (AvgIpc) is 2.40. The van der Waals surface area contributed by atoms with Crippen molar-refractivity contribution in [2.24, 2.45) is 0 Å². The highest BCUT2D eigenvalue weighted by molar-refractivity contribution is 6.34. The van der Waals surface area contributed by atoms with E-state index in [-0.39, 0.29) is 24.9 Å². The molecule has 19 heavy (non-hydrogen) atoms. The molecule has 1 aromatic rings. The molecule has 106 valence electrons. The maximum atomic E-state index is 11.9. The Labute approximate surface area is 128 Å². The molecule has 1 aliphatic heterocycles. The lowest BCUT2D eigenvalue weighted by Crippen LogP contribution is -2.47. The summed E-state index contributed by atoms with van der Waals surface area (Å²) in [5, 5.41) is 4.17. The monoisotopic (exact) mass is 324 g/mol. The van der Waals surface area contributed by atoms with Crippen molar-refractivity contribution in [2.45, 2.75) is 0 Å². The molecule has 1 fully saturated rings. The second-order valence-corrected chi connectivity index (χ2v) is 4.84. The topological polar surface area (TPSA) is 41.6 Å². The van der Waals surface area contributed by atoms with Crippen LogP contribution in [0.1, 0.15) is 0 Å². The zero-order chi connectivity index (χ0) is 13.0. The van der Waals surface area contributed by atoms with E-state index in [1.54, 1.807) is 23.1 Å². The molecular formula is C12H15Cl3N2O2. The molecule has 1 amide bonds. The van der Waals surface area contributed by atoms with E-state index in [1.807, 2.05) is 0 Å². The lowest BCUT2D eigenvalue weighted by Gasteiger charge is -2.27. The molecule has 1 heterocycles. The molecule has 0 unspecified atom stereocenters. The number of ether oxygens (including phenoxy) is 1. The van der Waals surface area contributed by atoms with Gasteiger partial charge in [-0.1, -0.05) is 23.2 Å². The summed E-state index contributed by atoms with van der Waals surface area (Å²) in [7, 11) is 0. The number of benzene rings is 1. The highest BCUT2D eigenvalue weighted by atomic mass is 35.5. The van der Waals surface area contributed by atoms with E-state index in [0.717, 1.165) is 13.1 Å². The molecule has 0 aromatic heterocycles. The van der Waals surface area contributed by atoms with Crippen LogP contribution in [0, 0.1) is 0 Å². The van der Waals surface area contributed by atoms with Gasteiger partial charge in [0.2, 0.25) is 0 Å². The van der Waals surface area contributed by atoms with Gasteiger partial charge in [-0.2, -0.15) is 0 Å². The molecule has 0 saturated carbocycles. The Hall–Kier alpha value is -0.680. The van der Waals surface area contributed by atoms with E-state index in [0.29, 0.717) is 28.9 Å².